The van der Waals surface area contributed by atoms with E-state index >= 15 is 0 Å². The molecule has 3 aromatic carbocycles. The molecule has 2 amide bonds. The molecule has 0 radical (unpaired) electrons. The third kappa shape index (κ3) is 7.65. The number of amides is 2. The van der Waals surface area contributed by atoms with Crippen LogP contribution >= 0.6 is 0 Å². The third-order valence-electron chi connectivity index (χ3n) is 9.11. The van der Waals surface area contributed by atoms with Crippen molar-refractivity contribution in [1.82, 2.24) is 25.5 Å². The first kappa shape index (κ1) is 33.1. The van der Waals surface area contributed by atoms with Crippen LogP contribution in [0.3, 0.4) is 0 Å². The molecule has 4 aromatic rings. The number of carbonyl (C=O) groups excluding carboxylic acids is 2. The molecule has 6 rings (SSSR count). The fourth-order valence-corrected chi connectivity index (χ4v) is 6.56. The average Bonchev–Trinajstić information content (AvgIpc) is 3.83. The maximum atomic E-state index is 14.4. The molecule has 0 spiro atoms. The Kier molecular flexibility index (Phi) is 10.6. The number of carbonyl (C=O) groups is 2. The number of benzene rings is 3. The largest absolute Gasteiger partial charge is 0.493 e. The molecule has 2 heterocycles. The number of halogens is 1. The van der Waals surface area contributed by atoms with Gasteiger partial charge < -0.3 is 19.5 Å². The Morgan fingerprint density at radius 3 is 2.40 bits per heavy atom. The van der Waals surface area contributed by atoms with Crippen LogP contribution in [0.25, 0.3) is 11.4 Å². The number of nitrogens with one attached hydrogen (secondary N) is 1. The monoisotopic (exact) mass is 656 g/mol. The van der Waals surface area contributed by atoms with Crippen LogP contribution in [0.5, 0.6) is 11.5 Å². The van der Waals surface area contributed by atoms with Crippen molar-refractivity contribution in [3.63, 3.8) is 0 Å². The summed E-state index contributed by atoms with van der Waals surface area (Å²) in [5.41, 5.74) is 2.83. The topological polar surface area (TPSA) is 121 Å². The van der Waals surface area contributed by atoms with E-state index in [4.69, 9.17) is 14.2 Å². The SMILES string of the molecule is COc1ccc(-c2nnn(CC(=O)N(c3ccc(C4CCCCC4)cc3)[C@H](C(=O)NC[C@@H]3CCCO3)c3ccc(F)cc3)n2)cc1OC. The number of methoxy groups -OCH3 is 2. The van der Waals surface area contributed by atoms with Gasteiger partial charge in [0.05, 0.1) is 20.3 Å². The first-order chi connectivity index (χ1) is 23.4. The molecule has 1 saturated heterocycles. The van der Waals surface area contributed by atoms with E-state index in [9.17, 15) is 14.0 Å². The van der Waals surface area contributed by atoms with Crippen molar-refractivity contribution in [2.45, 2.75) is 69.6 Å². The van der Waals surface area contributed by atoms with Crippen LogP contribution in [-0.4, -0.2) is 65.5 Å². The number of anilines is 1. The molecule has 11 nitrogen and oxygen atoms in total. The molecule has 48 heavy (non-hydrogen) atoms. The molecule has 1 N–H and O–H groups in total. The van der Waals surface area contributed by atoms with Gasteiger partial charge >= 0.3 is 0 Å². The molecule has 2 atom stereocenters. The van der Waals surface area contributed by atoms with Gasteiger partial charge in [-0.05, 0) is 90.4 Å². The van der Waals surface area contributed by atoms with Gasteiger partial charge in [0.1, 0.15) is 18.4 Å². The van der Waals surface area contributed by atoms with Gasteiger partial charge in [-0.3, -0.25) is 14.5 Å². The Balaban J connectivity index is 1.33. The second-order valence-corrected chi connectivity index (χ2v) is 12.2. The van der Waals surface area contributed by atoms with Crippen molar-refractivity contribution in [2.75, 3.05) is 32.3 Å². The maximum absolute atomic E-state index is 14.4. The van der Waals surface area contributed by atoms with Crippen molar-refractivity contribution in [3.8, 4) is 22.9 Å². The first-order valence-corrected chi connectivity index (χ1v) is 16.5. The first-order valence-electron chi connectivity index (χ1n) is 16.5. The van der Waals surface area contributed by atoms with Gasteiger partial charge in [0.25, 0.3) is 5.91 Å². The standard InChI is InChI=1S/C36H41FN6O5/c1-46-31-19-14-27(21-32(31)47-2)35-39-41-42(40-35)23-33(44)43(29-17-12-25(13-18-29)24-7-4-3-5-8-24)34(26-10-15-28(37)16-11-26)36(45)38-22-30-9-6-20-48-30/h10-19,21,24,30,34H,3-9,20,22-23H2,1-2H3,(H,38,45)/t30-,34-/m0/s1. The quantitative estimate of drug-likeness (QED) is 0.209. The van der Waals surface area contributed by atoms with Crippen molar-refractivity contribution in [3.05, 3.63) is 83.7 Å². The molecule has 1 aliphatic carbocycles. The molecule has 252 valence electrons. The molecule has 1 aliphatic heterocycles. The number of rotatable bonds is 12. The van der Waals surface area contributed by atoms with Crippen LogP contribution in [0.2, 0.25) is 0 Å². The predicted octanol–water partition coefficient (Wildman–Crippen LogP) is 5.61. The summed E-state index contributed by atoms with van der Waals surface area (Å²) >= 11 is 0. The summed E-state index contributed by atoms with van der Waals surface area (Å²) in [5.74, 6) is 0.518. The average molecular weight is 657 g/mol. The van der Waals surface area contributed by atoms with Gasteiger partial charge in [-0.2, -0.15) is 4.80 Å². The fourth-order valence-electron chi connectivity index (χ4n) is 6.56. The highest BCUT2D eigenvalue weighted by atomic mass is 19.1. The maximum Gasteiger partial charge on any atom is 0.251 e. The Morgan fingerprint density at radius 1 is 0.958 bits per heavy atom. The molecule has 1 aromatic heterocycles. The summed E-state index contributed by atoms with van der Waals surface area (Å²) in [6.45, 7) is 0.649. The highest BCUT2D eigenvalue weighted by Crippen LogP contribution is 2.35. The number of nitrogens with zero attached hydrogens (tertiary/aromatic N) is 5. The second-order valence-electron chi connectivity index (χ2n) is 12.2. The minimum absolute atomic E-state index is 0.101. The molecule has 0 bridgehead atoms. The highest BCUT2D eigenvalue weighted by Gasteiger charge is 2.34. The van der Waals surface area contributed by atoms with Gasteiger partial charge in [0.2, 0.25) is 11.7 Å². The summed E-state index contributed by atoms with van der Waals surface area (Å²) < 4.78 is 30.6. The van der Waals surface area contributed by atoms with Crippen molar-refractivity contribution in [2.24, 2.45) is 0 Å². The van der Waals surface area contributed by atoms with Crippen LogP contribution in [-0.2, 0) is 20.9 Å². The Morgan fingerprint density at radius 2 is 1.71 bits per heavy atom. The lowest BCUT2D eigenvalue weighted by atomic mass is 9.84. The predicted molar refractivity (Wildman–Crippen MR) is 177 cm³/mol. The molecule has 2 aliphatic rings. The third-order valence-corrected chi connectivity index (χ3v) is 9.11. The van der Waals surface area contributed by atoms with Crippen LogP contribution in [0, 0.1) is 5.82 Å². The van der Waals surface area contributed by atoms with Crippen LogP contribution < -0.4 is 19.7 Å². The summed E-state index contributed by atoms with van der Waals surface area (Å²) in [5, 5.41) is 15.8. The zero-order chi connectivity index (χ0) is 33.5. The van der Waals surface area contributed by atoms with E-state index in [0.717, 1.165) is 25.7 Å². The fraction of sp³-hybridized carbons (Fsp3) is 0.417. The molecular formula is C36H41FN6O5. The Bertz CT molecular complexity index is 1680. The Labute approximate surface area is 279 Å². The Hall–Kier alpha value is -4.84. The van der Waals surface area contributed by atoms with Gasteiger partial charge in [-0.15, -0.1) is 10.2 Å². The normalized spacial score (nSPS) is 17.1. The molecular weight excluding hydrogens is 615 g/mol. The smallest absolute Gasteiger partial charge is 0.251 e. The van der Waals surface area contributed by atoms with Gasteiger partial charge in [-0.1, -0.05) is 43.5 Å². The van der Waals surface area contributed by atoms with Crippen LogP contribution in [0.4, 0.5) is 10.1 Å². The van der Waals surface area contributed by atoms with Gasteiger partial charge in [0, 0.05) is 24.4 Å². The summed E-state index contributed by atoms with van der Waals surface area (Å²) in [6.07, 6.45) is 7.58. The zero-order valence-electron chi connectivity index (χ0n) is 27.3. The van der Waals surface area contributed by atoms with Gasteiger partial charge in [0.15, 0.2) is 11.5 Å². The number of hydrogen-bond donors (Lipinski definition) is 1. The molecule has 12 heteroatoms. The highest BCUT2D eigenvalue weighted by molar-refractivity contribution is 6.01. The number of ether oxygens (including phenoxy) is 3. The van der Waals surface area contributed by atoms with Crippen molar-refractivity contribution in [1.29, 1.82) is 0 Å². The van der Waals surface area contributed by atoms with E-state index in [1.165, 1.54) is 65.9 Å². The molecule has 1 saturated carbocycles. The van der Waals surface area contributed by atoms with E-state index in [1.807, 2.05) is 24.3 Å². The number of tetrazole rings is 1. The lowest BCUT2D eigenvalue weighted by Crippen LogP contribution is -2.46. The lowest BCUT2D eigenvalue weighted by molar-refractivity contribution is -0.127. The van der Waals surface area contributed by atoms with E-state index < -0.39 is 23.7 Å². The van der Waals surface area contributed by atoms with Crippen LogP contribution in [0.15, 0.2) is 66.7 Å². The summed E-state index contributed by atoms with van der Waals surface area (Å²) in [7, 11) is 3.09. The minimum Gasteiger partial charge on any atom is -0.493 e. The minimum atomic E-state index is -1.10. The molecule has 2 fully saturated rings. The van der Waals surface area contributed by atoms with Gasteiger partial charge in [-0.25, -0.2) is 4.39 Å². The second kappa shape index (κ2) is 15.4. The zero-order valence-corrected chi connectivity index (χ0v) is 27.3. The number of aromatic nitrogens is 4. The number of hydrogen-bond acceptors (Lipinski definition) is 8. The van der Waals surface area contributed by atoms with E-state index in [2.05, 4.69) is 20.7 Å². The van der Waals surface area contributed by atoms with E-state index in [0.29, 0.717) is 47.4 Å². The van der Waals surface area contributed by atoms with Crippen LogP contribution in [0.1, 0.15) is 68.0 Å². The van der Waals surface area contributed by atoms with Crippen molar-refractivity contribution < 1.29 is 28.2 Å². The lowest BCUT2D eigenvalue weighted by Gasteiger charge is -2.32. The summed E-state index contributed by atoms with van der Waals surface area (Å²) in [6, 6.07) is 17.6. The van der Waals surface area contributed by atoms with E-state index in [-0.39, 0.29) is 18.5 Å². The molecule has 0 unspecified atom stereocenters. The van der Waals surface area contributed by atoms with E-state index in [1.54, 1.807) is 25.3 Å². The van der Waals surface area contributed by atoms with Crippen molar-refractivity contribution >= 4 is 17.5 Å². The summed E-state index contributed by atoms with van der Waals surface area (Å²) in [4.78, 5) is 31.0.